The van der Waals surface area contributed by atoms with E-state index in [-0.39, 0.29) is 11.9 Å². The Morgan fingerprint density at radius 1 is 1.50 bits per heavy atom. The van der Waals surface area contributed by atoms with Crippen molar-refractivity contribution in [1.82, 2.24) is 0 Å². The zero-order valence-corrected chi connectivity index (χ0v) is 6.50. The molecule has 0 aromatic heterocycles. The molecule has 2 rings (SSSR count). The molecule has 0 radical (unpaired) electrons. The minimum atomic E-state index is -0.698. The highest BCUT2D eigenvalue weighted by atomic mass is 19.1. The molecule has 0 amide bonds. The molecule has 0 fully saturated rings. The number of benzene rings is 1. The third kappa shape index (κ3) is 0.940. The first-order valence-corrected chi connectivity index (χ1v) is 3.91. The summed E-state index contributed by atoms with van der Waals surface area (Å²) >= 11 is 0. The van der Waals surface area contributed by atoms with Crippen LogP contribution in [-0.4, -0.2) is 11.1 Å². The molecule has 0 unspecified atom stereocenters. The van der Waals surface area contributed by atoms with Gasteiger partial charge in [0.2, 0.25) is 0 Å². The van der Waals surface area contributed by atoms with Gasteiger partial charge in [-0.1, -0.05) is 12.1 Å². The number of hydrogen-bond acceptors (Lipinski definition) is 2. The minimum Gasteiger partial charge on any atom is -0.387 e. The summed E-state index contributed by atoms with van der Waals surface area (Å²) < 4.78 is 13.1. The fourth-order valence-corrected chi connectivity index (χ4v) is 1.65. The lowest BCUT2D eigenvalue weighted by Gasteiger charge is -2.07. The van der Waals surface area contributed by atoms with Crippen LogP contribution in [0.25, 0.3) is 0 Å². The second-order valence-corrected chi connectivity index (χ2v) is 3.12. The van der Waals surface area contributed by atoms with Crippen LogP contribution in [0.4, 0.5) is 4.39 Å². The molecular weight excluding hydrogens is 157 g/mol. The molecule has 12 heavy (non-hydrogen) atoms. The van der Waals surface area contributed by atoms with Crippen molar-refractivity contribution in [3.8, 4) is 0 Å². The molecule has 0 spiro atoms. The number of aliphatic hydroxyl groups is 1. The van der Waals surface area contributed by atoms with Gasteiger partial charge in [-0.2, -0.15) is 0 Å². The van der Waals surface area contributed by atoms with E-state index in [1.165, 1.54) is 6.07 Å². The normalized spacial score (nSPS) is 27.2. The first-order valence-electron chi connectivity index (χ1n) is 3.91. The van der Waals surface area contributed by atoms with Crippen molar-refractivity contribution in [1.29, 1.82) is 0 Å². The van der Waals surface area contributed by atoms with Gasteiger partial charge in [0.1, 0.15) is 5.82 Å². The lowest BCUT2D eigenvalue weighted by atomic mass is 10.1. The Bertz CT molecular complexity index is 313. The van der Waals surface area contributed by atoms with Crippen molar-refractivity contribution in [3.63, 3.8) is 0 Å². The molecule has 1 aromatic rings. The molecule has 1 aliphatic rings. The van der Waals surface area contributed by atoms with Gasteiger partial charge in [-0.05, 0) is 23.6 Å². The molecular formula is C9H10FNO. The highest BCUT2D eigenvalue weighted by Crippen LogP contribution is 2.31. The van der Waals surface area contributed by atoms with E-state index < -0.39 is 6.10 Å². The molecule has 3 heteroatoms. The average molecular weight is 167 g/mol. The second-order valence-electron chi connectivity index (χ2n) is 3.12. The quantitative estimate of drug-likeness (QED) is 0.598. The molecule has 1 aliphatic carbocycles. The Hall–Kier alpha value is -0.930. The van der Waals surface area contributed by atoms with Crippen LogP contribution < -0.4 is 5.73 Å². The molecule has 2 atom stereocenters. The fraction of sp³-hybridized carbons (Fsp3) is 0.333. The van der Waals surface area contributed by atoms with Crippen LogP contribution >= 0.6 is 0 Å². The van der Waals surface area contributed by atoms with Crippen molar-refractivity contribution in [2.24, 2.45) is 5.73 Å². The summed E-state index contributed by atoms with van der Waals surface area (Å²) in [5.74, 6) is -0.264. The van der Waals surface area contributed by atoms with Gasteiger partial charge in [0.25, 0.3) is 0 Å². The van der Waals surface area contributed by atoms with Crippen LogP contribution in [0, 0.1) is 5.82 Å². The van der Waals surface area contributed by atoms with Gasteiger partial charge >= 0.3 is 0 Å². The molecule has 0 aliphatic heterocycles. The van der Waals surface area contributed by atoms with Crippen molar-refractivity contribution in [2.45, 2.75) is 18.6 Å². The number of fused-ring (bicyclic) bond motifs is 1. The molecule has 2 nitrogen and oxygen atoms in total. The van der Waals surface area contributed by atoms with Crippen LogP contribution in [-0.2, 0) is 6.42 Å². The lowest BCUT2D eigenvalue weighted by molar-refractivity contribution is 0.159. The summed E-state index contributed by atoms with van der Waals surface area (Å²) in [6.07, 6.45) is -0.265. The summed E-state index contributed by atoms with van der Waals surface area (Å²) in [5, 5.41) is 9.48. The predicted octanol–water partition coefficient (Wildman–Crippen LogP) is 0.743. The Morgan fingerprint density at radius 3 is 2.92 bits per heavy atom. The topological polar surface area (TPSA) is 46.2 Å². The lowest BCUT2D eigenvalue weighted by Crippen LogP contribution is -2.24. The maximum Gasteiger partial charge on any atom is 0.126 e. The predicted molar refractivity (Wildman–Crippen MR) is 43.0 cm³/mol. The second kappa shape index (κ2) is 2.54. The van der Waals surface area contributed by atoms with E-state index >= 15 is 0 Å². The van der Waals surface area contributed by atoms with Crippen molar-refractivity contribution in [2.75, 3.05) is 0 Å². The number of aliphatic hydroxyl groups excluding tert-OH is 1. The Morgan fingerprint density at radius 2 is 2.25 bits per heavy atom. The van der Waals surface area contributed by atoms with E-state index in [2.05, 4.69) is 0 Å². The largest absolute Gasteiger partial charge is 0.387 e. The maximum absolute atomic E-state index is 13.1. The van der Waals surface area contributed by atoms with E-state index in [1.807, 2.05) is 0 Å². The van der Waals surface area contributed by atoms with Gasteiger partial charge in [0.05, 0.1) is 6.10 Å². The van der Waals surface area contributed by atoms with Gasteiger partial charge in [0.15, 0.2) is 0 Å². The van der Waals surface area contributed by atoms with Gasteiger partial charge < -0.3 is 10.8 Å². The third-order valence-electron chi connectivity index (χ3n) is 2.32. The fourth-order valence-electron chi connectivity index (χ4n) is 1.65. The highest BCUT2D eigenvalue weighted by Gasteiger charge is 2.29. The molecule has 64 valence electrons. The summed E-state index contributed by atoms with van der Waals surface area (Å²) in [6.45, 7) is 0. The van der Waals surface area contributed by atoms with E-state index in [0.29, 0.717) is 17.5 Å². The molecule has 3 N–H and O–H groups in total. The summed E-state index contributed by atoms with van der Waals surface area (Å²) in [5.41, 5.74) is 6.79. The zero-order chi connectivity index (χ0) is 8.72. The number of nitrogens with two attached hydrogens (primary N) is 1. The summed E-state index contributed by atoms with van der Waals surface area (Å²) in [4.78, 5) is 0. The Balaban J connectivity index is 2.53. The smallest absolute Gasteiger partial charge is 0.126 e. The van der Waals surface area contributed by atoms with Crippen LogP contribution in [0.5, 0.6) is 0 Å². The third-order valence-corrected chi connectivity index (χ3v) is 2.32. The maximum atomic E-state index is 13.1. The Kier molecular flexibility index (Phi) is 1.63. The summed E-state index contributed by atoms with van der Waals surface area (Å²) in [6, 6.07) is 4.35. The number of rotatable bonds is 0. The monoisotopic (exact) mass is 167 g/mol. The van der Waals surface area contributed by atoms with Crippen LogP contribution in [0.15, 0.2) is 18.2 Å². The van der Waals surface area contributed by atoms with Crippen molar-refractivity contribution in [3.05, 3.63) is 35.1 Å². The van der Waals surface area contributed by atoms with E-state index in [1.54, 1.807) is 12.1 Å². The highest BCUT2D eigenvalue weighted by molar-refractivity contribution is 5.36. The molecule has 0 saturated heterocycles. The van der Waals surface area contributed by atoms with Crippen molar-refractivity contribution < 1.29 is 9.50 Å². The Labute approximate surface area is 69.8 Å². The average Bonchev–Trinajstić information content (AvgIpc) is 2.32. The van der Waals surface area contributed by atoms with Crippen LogP contribution in [0.3, 0.4) is 0 Å². The van der Waals surface area contributed by atoms with Crippen molar-refractivity contribution >= 4 is 0 Å². The zero-order valence-electron chi connectivity index (χ0n) is 6.50. The van der Waals surface area contributed by atoms with Gasteiger partial charge in [0, 0.05) is 6.04 Å². The molecule has 0 heterocycles. The van der Waals surface area contributed by atoms with E-state index in [9.17, 15) is 9.50 Å². The van der Waals surface area contributed by atoms with Gasteiger partial charge in [-0.15, -0.1) is 0 Å². The SMILES string of the molecule is N[C@H]1Cc2c(F)cccc2[C@H]1O. The first-order chi connectivity index (χ1) is 5.70. The van der Waals surface area contributed by atoms with Crippen LogP contribution in [0.1, 0.15) is 17.2 Å². The van der Waals surface area contributed by atoms with E-state index in [4.69, 9.17) is 5.73 Å². The summed E-state index contributed by atoms with van der Waals surface area (Å²) in [7, 11) is 0. The first kappa shape index (κ1) is 7.71. The van der Waals surface area contributed by atoms with Gasteiger partial charge in [-0.3, -0.25) is 0 Å². The van der Waals surface area contributed by atoms with Gasteiger partial charge in [-0.25, -0.2) is 4.39 Å². The standard InChI is InChI=1S/C9H10FNO/c10-7-3-1-2-5-6(7)4-8(11)9(5)12/h1-3,8-9,12H,4,11H2/t8-,9+/m0/s1. The molecule has 0 bridgehead atoms. The molecule has 0 saturated carbocycles. The van der Waals surface area contributed by atoms with Crippen LogP contribution in [0.2, 0.25) is 0 Å². The minimum absolute atomic E-state index is 0.264. The molecule has 1 aromatic carbocycles. The number of hydrogen-bond donors (Lipinski definition) is 2. The van der Waals surface area contributed by atoms with E-state index in [0.717, 1.165) is 0 Å². The number of halogens is 1.